The molecule has 86 valence electrons. The number of methoxy groups -OCH3 is 1. The molecule has 2 rings (SSSR count). The molecule has 0 bridgehead atoms. The lowest BCUT2D eigenvalue weighted by Gasteiger charge is -2.16. The molecule has 1 fully saturated rings. The van der Waals surface area contributed by atoms with Gasteiger partial charge in [0.2, 0.25) is 5.91 Å². The van der Waals surface area contributed by atoms with Crippen LogP contribution in [0.5, 0.6) is 5.75 Å². The third kappa shape index (κ3) is 2.17. The van der Waals surface area contributed by atoms with Gasteiger partial charge in [-0.3, -0.25) is 4.79 Å². The summed E-state index contributed by atoms with van der Waals surface area (Å²) in [5.74, 6) is 0.879. The number of carbonyl (C=O) groups is 1. The third-order valence-corrected chi connectivity index (χ3v) is 2.87. The van der Waals surface area contributed by atoms with Gasteiger partial charge in [-0.15, -0.1) is 0 Å². The summed E-state index contributed by atoms with van der Waals surface area (Å²) in [6.45, 7) is 1.39. The predicted octanol–water partition coefficient (Wildman–Crippen LogP) is 0.755. The highest BCUT2D eigenvalue weighted by Gasteiger charge is 2.28. The van der Waals surface area contributed by atoms with E-state index >= 15 is 0 Å². The lowest BCUT2D eigenvalue weighted by atomic mass is 10.2. The van der Waals surface area contributed by atoms with Gasteiger partial charge in [0.05, 0.1) is 13.2 Å². The van der Waals surface area contributed by atoms with E-state index in [0.717, 1.165) is 24.3 Å². The van der Waals surface area contributed by atoms with Crippen LogP contribution in [0.25, 0.3) is 0 Å². The summed E-state index contributed by atoms with van der Waals surface area (Å²) in [7, 11) is 1.64. The average molecular weight is 220 g/mol. The number of likely N-dealkylation sites (tertiary alicyclic amines) is 1. The first-order valence-corrected chi connectivity index (χ1v) is 5.38. The van der Waals surface area contributed by atoms with Gasteiger partial charge in [0.1, 0.15) is 5.75 Å². The summed E-state index contributed by atoms with van der Waals surface area (Å²) in [4.78, 5) is 13.4. The summed E-state index contributed by atoms with van der Waals surface area (Å²) in [6, 6.07) is 7.43. The first kappa shape index (κ1) is 11.0. The Morgan fingerprint density at radius 1 is 1.44 bits per heavy atom. The molecule has 1 heterocycles. The van der Waals surface area contributed by atoms with Crippen LogP contribution in [0.1, 0.15) is 12.0 Å². The standard InChI is InChI=1S/C12H16N2O2/c1-16-10-4-2-9(3-5-10)8-14-7-6-11(13)12(14)15/h2-5,11H,6-8,13H2,1H3. The second-order valence-electron chi connectivity index (χ2n) is 4.00. The Morgan fingerprint density at radius 2 is 2.12 bits per heavy atom. The quantitative estimate of drug-likeness (QED) is 0.818. The molecule has 1 aromatic carbocycles. The molecule has 4 heteroatoms. The second-order valence-corrected chi connectivity index (χ2v) is 4.00. The number of rotatable bonds is 3. The minimum atomic E-state index is -0.307. The van der Waals surface area contributed by atoms with Gasteiger partial charge in [0, 0.05) is 13.1 Å². The van der Waals surface area contributed by atoms with Crippen molar-refractivity contribution in [2.24, 2.45) is 5.73 Å². The SMILES string of the molecule is COc1ccc(CN2CCC(N)C2=O)cc1. The zero-order chi connectivity index (χ0) is 11.5. The van der Waals surface area contributed by atoms with E-state index in [1.54, 1.807) is 12.0 Å². The molecule has 1 aliphatic heterocycles. The Hall–Kier alpha value is -1.55. The molecule has 1 aliphatic rings. The Balaban J connectivity index is 2.01. The number of amides is 1. The molecule has 0 spiro atoms. The number of nitrogens with two attached hydrogens (primary N) is 1. The average Bonchev–Trinajstić information content (AvgIpc) is 2.62. The maximum atomic E-state index is 11.6. The molecule has 0 aliphatic carbocycles. The molecule has 1 unspecified atom stereocenters. The first-order chi connectivity index (χ1) is 7.70. The number of hydrogen-bond acceptors (Lipinski definition) is 3. The van der Waals surface area contributed by atoms with Crippen molar-refractivity contribution in [1.29, 1.82) is 0 Å². The van der Waals surface area contributed by atoms with Gasteiger partial charge in [-0.05, 0) is 24.1 Å². The molecule has 0 radical (unpaired) electrons. The monoisotopic (exact) mass is 220 g/mol. The molecule has 1 amide bonds. The van der Waals surface area contributed by atoms with E-state index < -0.39 is 0 Å². The van der Waals surface area contributed by atoms with Crippen LogP contribution in [0, 0.1) is 0 Å². The minimum Gasteiger partial charge on any atom is -0.497 e. The predicted molar refractivity (Wildman–Crippen MR) is 61.0 cm³/mol. The second kappa shape index (κ2) is 4.53. The maximum absolute atomic E-state index is 11.6. The van der Waals surface area contributed by atoms with Gasteiger partial charge in [-0.1, -0.05) is 12.1 Å². The van der Waals surface area contributed by atoms with Gasteiger partial charge >= 0.3 is 0 Å². The first-order valence-electron chi connectivity index (χ1n) is 5.38. The zero-order valence-electron chi connectivity index (χ0n) is 9.35. The van der Waals surface area contributed by atoms with Crippen molar-refractivity contribution in [2.75, 3.05) is 13.7 Å². The smallest absolute Gasteiger partial charge is 0.239 e. The highest BCUT2D eigenvalue weighted by atomic mass is 16.5. The summed E-state index contributed by atoms with van der Waals surface area (Å²) in [6.07, 6.45) is 0.759. The normalized spacial score (nSPS) is 20.2. The topological polar surface area (TPSA) is 55.6 Å². The van der Waals surface area contributed by atoms with E-state index in [9.17, 15) is 4.79 Å². The lowest BCUT2D eigenvalue weighted by Crippen LogP contribution is -2.33. The van der Waals surface area contributed by atoms with E-state index in [0.29, 0.717) is 6.54 Å². The van der Waals surface area contributed by atoms with Crippen molar-refractivity contribution in [2.45, 2.75) is 19.0 Å². The van der Waals surface area contributed by atoms with Gasteiger partial charge in [-0.2, -0.15) is 0 Å². The highest BCUT2D eigenvalue weighted by molar-refractivity contribution is 5.83. The molecular weight excluding hydrogens is 204 g/mol. The van der Waals surface area contributed by atoms with Crippen molar-refractivity contribution >= 4 is 5.91 Å². The van der Waals surface area contributed by atoms with E-state index in [1.807, 2.05) is 24.3 Å². The number of hydrogen-bond donors (Lipinski definition) is 1. The molecule has 1 atom stereocenters. The van der Waals surface area contributed by atoms with Gasteiger partial charge in [-0.25, -0.2) is 0 Å². The van der Waals surface area contributed by atoms with Crippen molar-refractivity contribution < 1.29 is 9.53 Å². The largest absolute Gasteiger partial charge is 0.497 e. The van der Waals surface area contributed by atoms with Crippen molar-refractivity contribution in [1.82, 2.24) is 4.90 Å². The summed E-state index contributed by atoms with van der Waals surface area (Å²) in [5.41, 5.74) is 6.76. The molecule has 1 aromatic rings. The van der Waals surface area contributed by atoms with Crippen LogP contribution < -0.4 is 10.5 Å². The molecule has 0 saturated carbocycles. The molecule has 0 aromatic heterocycles. The van der Waals surface area contributed by atoms with Crippen LogP contribution in [0.2, 0.25) is 0 Å². The van der Waals surface area contributed by atoms with Crippen molar-refractivity contribution in [3.63, 3.8) is 0 Å². The van der Waals surface area contributed by atoms with E-state index in [4.69, 9.17) is 10.5 Å². The molecule has 1 saturated heterocycles. The number of benzene rings is 1. The van der Waals surface area contributed by atoms with Gasteiger partial charge in [0.15, 0.2) is 0 Å². The molecular formula is C12H16N2O2. The molecule has 2 N–H and O–H groups in total. The number of carbonyl (C=O) groups excluding carboxylic acids is 1. The fourth-order valence-electron chi connectivity index (χ4n) is 1.87. The molecule has 4 nitrogen and oxygen atoms in total. The van der Waals surface area contributed by atoms with Crippen LogP contribution in [-0.4, -0.2) is 30.5 Å². The Bertz CT molecular complexity index is 375. The van der Waals surface area contributed by atoms with Crippen molar-refractivity contribution in [3.8, 4) is 5.75 Å². The molecule has 16 heavy (non-hydrogen) atoms. The van der Waals surface area contributed by atoms with Crippen LogP contribution in [-0.2, 0) is 11.3 Å². The fraction of sp³-hybridized carbons (Fsp3) is 0.417. The van der Waals surface area contributed by atoms with Gasteiger partial charge < -0.3 is 15.4 Å². The Morgan fingerprint density at radius 3 is 2.62 bits per heavy atom. The highest BCUT2D eigenvalue weighted by Crippen LogP contribution is 2.16. The lowest BCUT2D eigenvalue weighted by molar-refractivity contribution is -0.129. The number of nitrogens with zero attached hydrogens (tertiary/aromatic N) is 1. The van der Waals surface area contributed by atoms with E-state index in [1.165, 1.54) is 0 Å². The Labute approximate surface area is 95.0 Å². The van der Waals surface area contributed by atoms with E-state index in [-0.39, 0.29) is 11.9 Å². The number of ether oxygens (including phenoxy) is 1. The summed E-state index contributed by atoms with van der Waals surface area (Å²) in [5, 5.41) is 0. The third-order valence-electron chi connectivity index (χ3n) is 2.87. The fourth-order valence-corrected chi connectivity index (χ4v) is 1.87. The summed E-state index contributed by atoms with van der Waals surface area (Å²) < 4.78 is 5.08. The minimum absolute atomic E-state index is 0.0517. The van der Waals surface area contributed by atoms with Crippen LogP contribution >= 0.6 is 0 Å². The maximum Gasteiger partial charge on any atom is 0.239 e. The summed E-state index contributed by atoms with van der Waals surface area (Å²) >= 11 is 0. The van der Waals surface area contributed by atoms with Crippen LogP contribution in [0.15, 0.2) is 24.3 Å². The van der Waals surface area contributed by atoms with E-state index in [2.05, 4.69) is 0 Å². The van der Waals surface area contributed by atoms with Crippen LogP contribution in [0.3, 0.4) is 0 Å². The zero-order valence-corrected chi connectivity index (χ0v) is 9.35. The van der Waals surface area contributed by atoms with Gasteiger partial charge in [0.25, 0.3) is 0 Å². The van der Waals surface area contributed by atoms with Crippen LogP contribution in [0.4, 0.5) is 0 Å². The Kier molecular flexibility index (Phi) is 3.10. The van der Waals surface area contributed by atoms with Crippen molar-refractivity contribution in [3.05, 3.63) is 29.8 Å².